The summed E-state index contributed by atoms with van der Waals surface area (Å²) in [6.07, 6.45) is 1.52. The van der Waals surface area contributed by atoms with E-state index < -0.39 is 24.5 Å². The van der Waals surface area contributed by atoms with Gasteiger partial charge in [-0.25, -0.2) is 0 Å². The van der Waals surface area contributed by atoms with E-state index >= 15 is 0 Å². The van der Waals surface area contributed by atoms with Gasteiger partial charge in [-0.1, -0.05) is 32.0 Å². The maximum absolute atomic E-state index is 13.6. The Morgan fingerprint density at radius 3 is 2.06 bits per heavy atom. The molecule has 2 aromatic rings. The Balaban J connectivity index is 2.25. The van der Waals surface area contributed by atoms with E-state index in [9.17, 15) is 19.5 Å². The van der Waals surface area contributed by atoms with Gasteiger partial charge in [0.1, 0.15) is 12.6 Å². The molecule has 0 bridgehead atoms. The third kappa shape index (κ3) is 4.68. The van der Waals surface area contributed by atoms with Crippen molar-refractivity contribution in [3.63, 3.8) is 0 Å². The number of hydrogen-bond donors (Lipinski definition) is 1. The Hall–Kier alpha value is -4.01. The number of carboxylic acid groups (broad SMARTS) is 1. The summed E-state index contributed by atoms with van der Waals surface area (Å²) in [6.45, 7) is 3.05. The van der Waals surface area contributed by atoms with Gasteiger partial charge in [0.25, 0.3) is 11.8 Å². The SMILES string of the molecule is COc1cc(C2=CN(C(=O)c3ccccc3)[C@@H](C(C)C)C(=O)N2CC(=O)O)cc(OC)c1OC. The van der Waals surface area contributed by atoms with E-state index in [1.807, 2.05) is 13.8 Å². The van der Waals surface area contributed by atoms with Gasteiger partial charge >= 0.3 is 5.97 Å². The van der Waals surface area contributed by atoms with E-state index in [2.05, 4.69) is 0 Å². The molecule has 0 saturated carbocycles. The number of amides is 2. The molecule has 1 heterocycles. The third-order valence-electron chi connectivity index (χ3n) is 5.51. The number of methoxy groups -OCH3 is 3. The zero-order chi connectivity index (χ0) is 25.0. The summed E-state index contributed by atoms with van der Waals surface area (Å²) in [5.41, 5.74) is 1.07. The third-order valence-corrected chi connectivity index (χ3v) is 5.51. The van der Waals surface area contributed by atoms with Gasteiger partial charge in [-0.05, 0) is 30.2 Å². The van der Waals surface area contributed by atoms with Crippen LogP contribution in [0.25, 0.3) is 5.70 Å². The molecule has 34 heavy (non-hydrogen) atoms. The van der Waals surface area contributed by atoms with Gasteiger partial charge in [0.15, 0.2) is 11.5 Å². The van der Waals surface area contributed by atoms with Crippen LogP contribution in [-0.2, 0) is 9.59 Å². The monoisotopic (exact) mass is 468 g/mol. The van der Waals surface area contributed by atoms with Crippen molar-refractivity contribution in [2.45, 2.75) is 19.9 Å². The second-order valence-electron chi connectivity index (χ2n) is 8.01. The first kappa shape index (κ1) is 24.6. The molecular weight excluding hydrogens is 440 g/mol. The number of carbonyl (C=O) groups excluding carboxylic acids is 2. The average molecular weight is 469 g/mol. The van der Waals surface area contributed by atoms with Crippen molar-refractivity contribution in [1.29, 1.82) is 0 Å². The number of rotatable bonds is 8. The highest BCUT2D eigenvalue weighted by molar-refractivity contribution is 6.03. The highest BCUT2D eigenvalue weighted by Crippen LogP contribution is 2.41. The van der Waals surface area contributed by atoms with Crippen molar-refractivity contribution in [3.8, 4) is 17.2 Å². The minimum absolute atomic E-state index is 0.229. The van der Waals surface area contributed by atoms with E-state index in [0.29, 0.717) is 28.4 Å². The lowest BCUT2D eigenvalue weighted by molar-refractivity contribution is -0.144. The normalized spacial score (nSPS) is 15.8. The van der Waals surface area contributed by atoms with Gasteiger partial charge in [0.05, 0.1) is 27.0 Å². The molecule has 180 valence electrons. The Morgan fingerprint density at radius 2 is 1.59 bits per heavy atom. The molecule has 9 heteroatoms. The topological polar surface area (TPSA) is 106 Å². The van der Waals surface area contributed by atoms with Crippen molar-refractivity contribution >= 4 is 23.5 Å². The largest absolute Gasteiger partial charge is 0.493 e. The van der Waals surface area contributed by atoms with Gasteiger partial charge in [0.2, 0.25) is 5.75 Å². The second kappa shape index (κ2) is 10.3. The molecule has 0 fully saturated rings. The molecule has 9 nitrogen and oxygen atoms in total. The lowest BCUT2D eigenvalue weighted by Crippen LogP contribution is -2.55. The van der Waals surface area contributed by atoms with E-state index in [1.54, 1.807) is 42.5 Å². The summed E-state index contributed by atoms with van der Waals surface area (Å²) in [7, 11) is 4.38. The zero-order valence-corrected chi connectivity index (χ0v) is 19.8. The van der Waals surface area contributed by atoms with Crippen LogP contribution in [0.1, 0.15) is 29.8 Å². The van der Waals surface area contributed by atoms with E-state index in [4.69, 9.17) is 14.2 Å². The van der Waals surface area contributed by atoms with E-state index in [0.717, 1.165) is 0 Å². The molecule has 1 atom stereocenters. The predicted molar refractivity (Wildman–Crippen MR) is 125 cm³/mol. The maximum atomic E-state index is 13.6. The summed E-state index contributed by atoms with van der Waals surface area (Å²) in [4.78, 5) is 41.3. The summed E-state index contributed by atoms with van der Waals surface area (Å²) in [6, 6.07) is 10.9. The van der Waals surface area contributed by atoms with Crippen LogP contribution >= 0.6 is 0 Å². The molecule has 0 spiro atoms. The Kier molecular flexibility index (Phi) is 7.45. The van der Waals surface area contributed by atoms with Gasteiger partial charge in [-0.3, -0.25) is 19.3 Å². The minimum atomic E-state index is -1.18. The summed E-state index contributed by atoms with van der Waals surface area (Å²) >= 11 is 0. The maximum Gasteiger partial charge on any atom is 0.323 e. The first-order valence-electron chi connectivity index (χ1n) is 10.7. The molecule has 0 unspecified atom stereocenters. The summed E-state index contributed by atoms with van der Waals surface area (Å²) < 4.78 is 16.2. The van der Waals surface area contributed by atoms with Crippen LogP contribution in [-0.4, -0.2) is 66.6 Å². The Morgan fingerprint density at radius 1 is 1.00 bits per heavy atom. The number of ether oxygens (including phenoxy) is 3. The van der Waals surface area contributed by atoms with Crippen LogP contribution in [0, 0.1) is 5.92 Å². The Labute approximate surface area is 198 Å². The van der Waals surface area contributed by atoms with Gasteiger partial charge in [-0.15, -0.1) is 0 Å². The van der Waals surface area contributed by atoms with Crippen molar-refractivity contribution in [3.05, 3.63) is 59.8 Å². The van der Waals surface area contributed by atoms with Crippen LogP contribution in [0.3, 0.4) is 0 Å². The molecule has 1 aliphatic rings. The van der Waals surface area contributed by atoms with Crippen molar-refractivity contribution < 1.29 is 33.7 Å². The molecule has 0 radical (unpaired) electrons. The molecule has 2 aromatic carbocycles. The lowest BCUT2D eigenvalue weighted by atomic mass is 9.96. The molecule has 1 aliphatic heterocycles. The van der Waals surface area contributed by atoms with Crippen LogP contribution in [0.5, 0.6) is 17.2 Å². The zero-order valence-electron chi connectivity index (χ0n) is 19.8. The molecule has 3 rings (SSSR count). The number of hydrogen-bond acceptors (Lipinski definition) is 6. The molecule has 0 aliphatic carbocycles. The van der Waals surface area contributed by atoms with Crippen molar-refractivity contribution in [1.82, 2.24) is 9.80 Å². The first-order chi connectivity index (χ1) is 16.2. The van der Waals surface area contributed by atoms with Crippen molar-refractivity contribution in [2.75, 3.05) is 27.9 Å². The van der Waals surface area contributed by atoms with Crippen molar-refractivity contribution in [2.24, 2.45) is 5.92 Å². The van der Waals surface area contributed by atoms with Crippen LogP contribution < -0.4 is 14.2 Å². The fourth-order valence-electron chi connectivity index (χ4n) is 3.96. The molecule has 0 saturated heterocycles. The number of carboxylic acids is 1. The van der Waals surface area contributed by atoms with Gasteiger partial charge < -0.3 is 24.2 Å². The minimum Gasteiger partial charge on any atom is -0.493 e. The molecule has 0 aromatic heterocycles. The fraction of sp³-hybridized carbons (Fsp3) is 0.320. The standard InChI is InChI=1S/C25H28N2O7/c1-15(2)22-25(31)26(14-21(28)29)18(13-27(22)24(30)16-9-7-6-8-10-16)17-11-19(32-3)23(34-5)20(12-17)33-4/h6-13,15,22H,14H2,1-5H3,(H,28,29)/t22-/m0/s1. The number of carbonyl (C=O) groups is 3. The summed E-state index contributed by atoms with van der Waals surface area (Å²) in [5.74, 6) is -1.31. The average Bonchev–Trinajstić information content (AvgIpc) is 2.83. The van der Waals surface area contributed by atoms with E-state index in [1.165, 1.54) is 37.3 Å². The lowest BCUT2D eigenvalue weighted by Gasteiger charge is -2.40. The fourth-order valence-corrected chi connectivity index (χ4v) is 3.96. The smallest absolute Gasteiger partial charge is 0.323 e. The first-order valence-corrected chi connectivity index (χ1v) is 10.7. The molecule has 2 amide bonds. The number of aliphatic carboxylic acids is 1. The molecular formula is C25H28N2O7. The van der Waals surface area contributed by atoms with Crippen LogP contribution in [0.2, 0.25) is 0 Å². The molecule has 1 N–H and O–H groups in total. The highest BCUT2D eigenvalue weighted by Gasteiger charge is 2.41. The quantitative estimate of drug-likeness (QED) is 0.635. The highest BCUT2D eigenvalue weighted by atomic mass is 16.5. The predicted octanol–water partition coefficient (Wildman–Crippen LogP) is 3.10. The van der Waals surface area contributed by atoms with Crippen LogP contribution in [0.15, 0.2) is 48.7 Å². The van der Waals surface area contributed by atoms with E-state index in [-0.39, 0.29) is 17.5 Å². The summed E-state index contributed by atoms with van der Waals surface area (Å²) in [5, 5.41) is 9.54. The number of nitrogens with zero attached hydrogens (tertiary/aromatic N) is 2. The van der Waals surface area contributed by atoms with Gasteiger partial charge in [-0.2, -0.15) is 0 Å². The number of benzene rings is 2. The second-order valence-corrected chi connectivity index (χ2v) is 8.01. The van der Waals surface area contributed by atoms with Gasteiger partial charge in [0, 0.05) is 17.3 Å². The van der Waals surface area contributed by atoms with Crippen LogP contribution in [0.4, 0.5) is 0 Å². The Bertz CT molecular complexity index is 1090.